The van der Waals surface area contributed by atoms with Gasteiger partial charge in [0.05, 0.1) is 0 Å². The topological polar surface area (TPSA) is 142 Å². The van der Waals surface area contributed by atoms with Gasteiger partial charge in [-0.15, -0.1) is 0 Å². The van der Waals surface area contributed by atoms with Crippen LogP contribution in [0.15, 0.2) is 59.7 Å². The molecule has 0 radical (unpaired) electrons. The van der Waals surface area contributed by atoms with Crippen LogP contribution in [-0.4, -0.2) is 75.4 Å². The first kappa shape index (κ1) is 28.4. The van der Waals surface area contributed by atoms with Crippen molar-refractivity contribution in [3.05, 3.63) is 76.5 Å². The number of hydrogen-bond acceptors (Lipinski definition) is 7. The Morgan fingerprint density at radius 3 is 2.35 bits per heavy atom. The molecular formula is C28H35N7O5. The number of pyridine rings is 1. The van der Waals surface area contributed by atoms with Crippen LogP contribution in [0.1, 0.15) is 36.8 Å². The summed E-state index contributed by atoms with van der Waals surface area (Å²) >= 11 is 0. The zero-order valence-electron chi connectivity index (χ0n) is 23.1. The lowest BCUT2D eigenvalue weighted by Gasteiger charge is -2.37. The summed E-state index contributed by atoms with van der Waals surface area (Å²) in [4.78, 5) is 58.0. The van der Waals surface area contributed by atoms with Gasteiger partial charge in [-0.05, 0) is 56.7 Å². The zero-order valence-corrected chi connectivity index (χ0v) is 23.1. The van der Waals surface area contributed by atoms with Gasteiger partial charge in [0.15, 0.2) is 0 Å². The molecule has 3 heterocycles. The predicted octanol–water partition coefficient (Wildman–Crippen LogP) is 2.15. The summed E-state index contributed by atoms with van der Waals surface area (Å²) in [5, 5.41) is 8.22. The van der Waals surface area contributed by atoms with E-state index >= 15 is 0 Å². The van der Waals surface area contributed by atoms with E-state index in [2.05, 4.69) is 25.6 Å². The first-order valence-corrected chi connectivity index (χ1v) is 13.1. The molecule has 3 amide bonds. The molecule has 1 saturated heterocycles. The van der Waals surface area contributed by atoms with Gasteiger partial charge in [-0.1, -0.05) is 6.07 Å². The molecule has 0 aliphatic carbocycles. The lowest BCUT2D eigenvalue weighted by Crippen LogP contribution is -2.56. The highest BCUT2D eigenvalue weighted by Crippen LogP contribution is 2.20. The number of ether oxygens (including phenoxy) is 1. The quantitative estimate of drug-likeness (QED) is 0.410. The molecule has 1 aliphatic heterocycles. The molecule has 0 saturated carbocycles. The Hall–Kier alpha value is -4.61. The second kappa shape index (κ2) is 12.1. The first-order chi connectivity index (χ1) is 19.0. The number of aryl methyl sites for hydroxylation is 1. The van der Waals surface area contributed by atoms with E-state index in [1.165, 1.54) is 10.7 Å². The van der Waals surface area contributed by atoms with E-state index in [0.717, 1.165) is 11.3 Å². The van der Waals surface area contributed by atoms with Crippen molar-refractivity contribution in [3.63, 3.8) is 0 Å². The average molecular weight is 550 g/mol. The molecular weight excluding hydrogens is 514 g/mol. The maximum absolute atomic E-state index is 13.5. The smallest absolute Gasteiger partial charge is 0.408 e. The van der Waals surface area contributed by atoms with E-state index in [0.29, 0.717) is 38.3 Å². The SMILES string of the molecule is Cn1[nH]c(C(=O)Nc2ccc(N3CCN(C(=O)C(Cc4cccnc4)NC(=O)OC(C)(C)C)CC3)cc2)cc1=O. The fraction of sp³-hybridized carbons (Fsp3) is 0.393. The lowest BCUT2D eigenvalue weighted by atomic mass is 10.1. The Morgan fingerprint density at radius 2 is 1.77 bits per heavy atom. The third-order valence-electron chi connectivity index (χ3n) is 6.36. The molecule has 1 aromatic carbocycles. The van der Waals surface area contributed by atoms with Crippen LogP contribution in [0.3, 0.4) is 0 Å². The molecule has 1 aliphatic rings. The summed E-state index contributed by atoms with van der Waals surface area (Å²) in [6, 6.07) is 11.5. The molecule has 3 N–H and O–H groups in total. The minimum Gasteiger partial charge on any atom is -0.444 e. The van der Waals surface area contributed by atoms with Crippen molar-refractivity contribution in [2.24, 2.45) is 7.05 Å². The number of amides is 3. The van der Waals surface area contributed by atoms with Crippen molar-refractivity contribution in [3.8, 4) is 0 Å². The highest BCUT2D eigenvalue weighted by Gasteiger charge is 2.30. The summed E-state index contributed by atoms with van der Waals surface area (Å²) in [5.41, 5.74) is 1.59. The summed E-state index contributed by atoms with van der Waals surface area (Å²) in [6.07, 6.45) is 3.00. The molecule has 212 valence electrons. The van der Waals surface area contributed by atoms with Crippen molar-refractivity contribution in [1.82, 2.24) is 25.0 Å². The van der Waals surface area contributed by atoms with Crippen molar-refractivity contribution in [2.75, 3.05) is 36.4 Å². The standard InChI is InChI=1S/C28H35N7O5/c1-28(2,3)40-27(39)31-23(16-19-6-5-11-29-18-19)26(38)35-14-12-34(13-15-35)21-9-7-20(8-10-21)30-25(37)22-17-24(36)33(4)32-22/h5-11,17-18,23,32H,12-16H2,1-4H3,(H,30,37)(H,31,39). The summed E-state index contributed by atoms with van der Waals surface area (Å²) < 4.78 is 6.63. The summed E-state index contributed by atoms with van der Waals surface area (Å²) in [6.45, 7) is 7.50. The molecule has 3 aromatic rings. The van der Waals surface area contributed by atoms with Crippen molar-refractivity contribution < 1.29 is 19.1 Å². The van der Waals surface area contributed by atoms with Crippen molar-refractivity contribution in [2.45, 2.75) is 38.8 Å². The number of hydrogen-bond donors (Lipinski definition) is 3. The number of piperazine rings is 1. The van der Waals surface area contributed by atoms with E-state index in [-0.39, 0.29) is 17.2 Å². The third kappa shape index (κ3) is 7.49. The number of aromatic nitrogens is 3. The van der Waals surface area contributed by atoms with Gasteiger partial charge in [0.25, 0.3) is 11.5 Å². The van der Waals surface area contributed by atoms with Crippen LogP contribution in [0.2, 0.25) is 0 Å². The number of benzene rings is 1. The van der Waals surface area contributed by atoms with Crippen LogP contribution in [0.4, 0.5) is 16.2 Å². The van der Waals surface area contributed by atoms with E-state index < -0.39 is 23.6 Å². The minimum atomic E-state index is -0.784. The Kier molecular flexibility index (Phi) is 8.56. The van der Waals surface area contributed by atoms with Gasteiger partial charge >= 0.3 is 6.09 Å². The van der Waals surface area contributed by atoms with Gasteiger partial charge in [-0.25, -0.2) is 4.79 Å². The molecule has 0 bridgehead atoms. The molecule has 4 rings (SSSR count). The Labute approximate surface area is 232 Å². The number of nitrogens with zero attached hydrogens (tertiary/aromatic N) is 4. The number of nitrogens with one attached hydrogen (secondary N) is 3. The number of anilines is 2. The molecule has 40 heavy (non-hydrogen) atoms. The number of aromatic amines is 1. The average Bonchev–Trinajstić information content (AvgIpc) is 3.26. The second-order valence-electron chi connectivity index (χ2n) is 10.6. The Morgan fingerprint density at radius 1 is 1.07 bits per heavy atom. The number of rotatable bonds is 7. The highest BCUT2D eigenvalue weighted by atomic mass is 16.6. The number of carbonyl (C=O) groups excluding carboxylic acids is 3. The van der Waals surface area contributed by atoms with Crippen molar-refractivity contribution >= 4 is 29.3 Å². The van der Waals surface area contributed by atoms with Gasteiger partial charge in [-0.3, -0.25) is 29.1 Å². The fourth-order valence-electron chi connectivity index (χ4n) is 4.37. The van der Waals surface area contributed by atoms with Gasteiger partial charge in [0, 0.05) is 69.5 Å². The summed E-state index contributed by atoms with van der Waals surface area (Å²) in [5.74, 6) is -0.579. The molecule has 12 heteroatoms. The van der Waals surface area contributed by atoms with Crippen LogP contribution >= 0.6 is 0 Å². The number of alkyl carbamates (subject to hydrolysis) is 1. The minimum absolute atomic E-state index is 0.175. The van der Waals surface area contributed by atoms with Crippen LogP contribution in [0.5, 0.6) is 0 Å². The second-order valence-corrected chi connectivity index (χ2v) is 10.6. The highest BCUT2D eigenvalue weighted by molar-refractivity contribution is 6.02. The van der Waals surface area contributed by atoms with Gasteiger partial charge in [-0.2, -0.15) is 0 Å². The monoisotopic (exact) mass is 549 g/mol. The fourth-order valence-corrected chi connectivity index (χ4v) is 4.37. The molecule has 1 fully saturated rings. The number of carbonyl (C=O) groups is 3. The first-order valence-electron chi connectivity index (χ1n) is 13.1. The van der Waals surface area contributed by atoms with E-state index in [1.54, 1.807) is 63.3 Å². The van der Waals surface area contributed by atoms with Crippen LogP contribution in [0.25, 0.3) is 0 Å². The number of H-pyrrole nitrogens is 1. The molecule has 12 nitrogen and oxygen atoms in total. The van der Waals surface area contributed by atoms with Gasteiger partial charge in [0.1, 0.15) is 17.3 Å². The van der Waals surface area contributed by atoms with Crippen LogP contribution in [0, 0.1) is 0 Å². The van der Waals surface area contributed by atoms with Crippen LogP contribution in [-0.2, 0) is 23.0 Å². The molecule has 2 aromatic heterocycles. The van der Waals surface area contributed by atoms with Crippen LogP contribution < -0.4 is 21.1 Å². The molecule has 0 spiro atoms. The third-order valence-corrected chi connectivity index (χ3v) is 6.36. The lowest BCUT2D eigenvalue weighted by molar-refractivity contribution is -0.133. The normalized spacial score (nSPS) is 14.4. The molecule has 1 unspecified atom stereocenters. The zero-order chi connectivity index (χ0) is 28.9. The Balaban J connectivity index is 1.35. The largest absolute Gasteiger partial charge is 0.444 e. The summed E-state index contributed by atoms with van der Waals surface area (Å²) in [7, 11) is 1.54. The van der Waals surface area contributed by atoms with E-state index in [4.69, 9.17) is 4.74 Å². The maximum atomic E-state index is 13.5. The predicted molar refractivity (Wildman–Crippen MR) is 150 cm³/mol. The van der Waals surface area contributed by atoms with Crippen molar-refractivity contribution in [1.29, 1.82) is 0 Å². The van der Waals surface area contributed by atoms with Gasteiger partial charge in [0.2, 0.25) is 5.91 Å². The maximum Gasteiger partial charge on any atom is 0.408 e. The molecule has 1 atom stereocenters. The van der Waals surface area contributed by atoms with Gasteiger partial charge < -0.3 is 25.2 Å². The van der Waals surface area contributed by atoms with E-state index in [9.17, 15) is 19.2 Å². The Bertz CT molecular complexity index is 1380. The van der Waals surface area contributed by atoms with E-state index in [1.807, 2.05) is 18.2 Å².